The lowest BCUT2D eigenvalue weighted by Crippen LogP contribution is -2.21. The molecule has 2 aromatic carbocycles. The molecule has 0 unspecified atom stereocenters. The number of aromatic nitrogens is 2. The number of benzene rings is 2. The van der Waals surface area contributed by atoms with Gasteiger partial charge in [-0.15, -0.1) is 13.2 Å². The minimum atomic E-state index is -4.84. The van der Waals surface area contributed by atoms with Gasteiger partial charge in [0.1, 0.15) is 23.0 Å². The van der Waals surface area contributed by atoms with E-state index in [1.165, 1.54) is 38.6 Å². The maximum absolute atomic E-state index is 13.7. The van der Waals surface area contributed by atoms with Gasteiger partial charge in [0.25, 0.3) is 5.56 Å². The maximum Gasteiger partial charge on any atom is 0.573 e. The highest BCUT2D eigenvalue weighted by atomic mass is 32.2. The Balaban J connectivity index is 1.81. The van der Waals surface area contributed by atoms with Crippen molar-refractivity contribution in [1.82, 2.24) is 9.97 Å². The van der Waals surface area contributed by atoms with Gasteiger partial charge in [0.2, 0.25) is 9.84 Å². The van der Waals surface area contributed by atoms with Crippen molar-refractivity contribution in [3.63, 3.8) is 0 Å². The average Bonchev–Trinajstić information content (AvgIpc) is 2.95. The van der Waals surface area contributed by atoms with Crippen LogP contribution in [0.15, 0.2) is 75.5 Å². The Bertz CT molecular complexity index is 1710. The van der Waals surface area contributed by atoms with Gasteiger partial charge in [-0.2, -0.15) is 0 Å². The van der Waals surface area contributed by atoms with E-state index in [0.717, 1.165) is 24.6 Å². The third-order valence-electron chi connectivity index (χ3n) is 6.38. The second-order valence-corrected chi connectivity index (χ2v) is 10.9. The number of rotatable bonds is 10. The largest absolute Gasteiger partial charge is 0.573 e. The van der Waals surface area contributed by atoms with Crippen LogP contribution in [0.25, 0.3) is 22.3 Å². The van der Waals surface area contributed by atoms with E-state index in [1.54, 1.807) is 18.2 Å². The molecule has 2 aromatic heterocycles. The predicted octanol–water partition coefficient (Wildman–Crippen LogP) is 5.90. The maximum atomic E-state index is 13.7. The number of aryl methyl sites for hydroxylation is 1. The first kappa shape index (κ1) is 30.4. The van der Waals surface area contributed by atoms with E-state index in [9.17, 15) is 31.5 Å². The number of methoxy groups -OCH3 is 2. The van der Waals surface area contributed by atoms with E-state index in [4.69, 9.17) is 9.47 Å². The Kier molecular flexibility index (Phi) is 8.81. The molecule has 0 spiro atoms. The van der Waals surface area contributed by atoms with Crippen molar-refractivity contribution < 1.29 is 40.9 Å². The van der Waals surface area contributed by atoms with Gasteiger partial charge in [0, 0.05) is 17.5 Å². The van der Waals surface area contributed by atoms with Crippen molar-refractivity contribution in [2.45, 2.75) is 42.5 Å². The van der Waals surface area contributed by atoms with Crippen molar-refractivity contribution in [2.75, 3.05) is 14.2 Å². The minimum Gasteiger partial charge on any atom is -0.506 e. The average molecular weight is 605 g/mol. The van der Waals surface area contributed by atoms with Crippen molar-refractivity contribution in [3.8, 4) is 45.3 Å². The van der Waals surface area contributed by atoms with Crippen LogP contribution in [0.5, 0.6) is 23.0 Å². The molecule has 0 aliphatic rings. The van der Waals surface area contributed by atoms with E-state index in [-0.39, 0.29) is 22.6 Å². The van der Waals surface area contributed by atoms with Crippen LogP contribution in [0.3, 0.4) is 0 Å². The molecule has 0 fully saturated rings. The van der Waals surface area contributed by atoms with Gasteiger partial charge in [-0.25, -0.2) is 13.4 Å². The number of hydrogen-bond acceptors (Lipinski definition) is 8. The molecule has 222 valence electrons. The van der Waals surface area contributed by atoms with E-state index >= 15 is 0 Å². The molecule has 0 atom stereocenters. The molecule has 0 aliphatic heterocycles. The Hall–Kier alpha value is -4.52. The lowest BCUT2D eigenvalue weighted by Gasteiger charge is -2.19. The fraction of sp³-hybridized carbons (Fsp3) is 0.241. The van der Waals surface area contributed by atoms with E-state index in [0.29, 0.717) is 29.7 Å². The highest BCUT2D eigenvalue weighted by Crippen LogP contribution is 2.46. The quantitative estimate of drug-likeness (QED) is 0.229. The molecular weight excluding hydrogens is 577 g/mol. The van der Waals surface area contributed by atoms with Crippen LogP contribution in [-0.2, 0) is 16.3 Å². The molecule has 0 bridgehead atoms. The van der Waals surface area contributed by atoms with Gasteiger partial charge in [-0.05, 0) is 54.8 Å². The number of alkyl halides is 3. The summed E-state index contributed by atoms with van der Waals surface area (Å²) in [5, 5.41) is 10.9. The number of aromatic amines is 1. The molecule has 42 heavy (non-hydrogen) atoms. The summed E-state index contributed by atoms with van der Waals surface area (Å²) in [6.45, 7) is 1.94. The first-order chi connectivity index (χ1) is 19.9. The van der Waals surface area contributed by atoms with Crippen LogP contribution < -0.4 is 19.8 Å². The zero-order chi connectivity index (χ0) is 30.7. The molecule has 4 rings (SSSR count). The summed E-state index contributed by atoms with van der Waals surface area (Å²) < 4.78 is 79.5. The summed E-state index contributed by atoms with van der Waals surface area (Å²) in [4.78, 5) is 18.9. The first-order valence-electron chi connectivity index (χ1n) is 12.7. The number of nitrogens with one attached hydrogen (secondary N) is 1. The number of H-pyrrole nitrogens is 1. The molecule has 0 radical (unpaired) electrons. The second-order valence-electron chi connectivity index (χ2n) is 9.09. The summed E-state index contributed by atoms with van der Waals surface area (Å²) in [7, 11) is -1.85. The molecule has 0 saturated heterocycles. The Labute approximate surface area is 239 Å². The summed E-state index contributed by atoms with van der Waals surface area (Å²) in [5.74, 6) is -0.629. The van der Waals surface area contributed by atoms with Crippen LogP contribution in [0.1, 0.15) is 25.5 Å². The van der Waals surface area contributed by atoms with Crippen LogP contribution in [0.4, 0.5) is 13.2 Å². The van der Waals surface area contributed by atoms with Gasteiger partial charge >= 0.3 is 6.36 Å². The van der Waals surface area contributed by atoms with E-state index in [2.05, 4.69) is 14.7 Å². The number of pyridine rings is 2. The molecular formula is C29H27F3N2O7S. The van der Waals surface area contributed by atoms with Crippen molar-refractivity contribution in [1.29, 1.82) is 0 Å². The third-order valence-corrected chi connectivity index (χ3v) is 8.09. The number of halogens is 3. The summed E-state index contributed by atoms with van der Waals surface area (Å²) in [5.41, 5.74) is 0.422. The summed E-state index contributed by atoms with van der Waals surface area (Å²) in [6.07, 6.45) is -1.92. The molecule has 9 nitrogen and oxygen atoms in total. The predicted molar refractivity (Wildman–Crippen MR) is 148 cm³/mol. The lowest BCUT2D eigenvalue weighted by molar-refractivity contribution is -0.274. The summed E-state index contributed by atoms with van der Waals surface area (Å²) in [6, 6.07) is 12.3. The number of ether oxygens (including phenoxy) is 3. The Morgan fingerprint density at radius 1 is 0.929 bits per heavy atom. The molecule has 13 heteroatoms. The third kappa shape index (κ3) is 6.20. The van der Waals surface area contributed by atoms with Crippen molar-refractivity contribution >= 4 is 9.84 Å². The fourth-order valence-corrected chi connectivity index (χ4v) is 5.74. The van der Waals surface area contributed by atoms with E-state index < -0.39 is 43.2 Å². The number of unbranched alkanes of at least 4 members (excludes halogenated alkanes) is 1. The topological polar surface area (TPSA) is 128 Å². The number of nitrogens with zero attached hydrogens (tertiary/aromatic N) is 1. The lowest BCUT2D eigenvalue weighted by atomic mass is 9.98. The Morgan fingerprint density at radius 3 is 2.07 bits per heavy atom. The highest BCUT2D eigenvalue weighted by Gasteiger charge is 2.33. The zero-order valence-electron chi connectivity index (χ0n) is 22.8. The molecule has 2 N–H and O–H groups in total. The van der Waals surface area contributed by atoms with Gasteiger partial charge < -0.3 is 24.3 Å². The fourth-order valence-electron chi connectivity index (χ4n) is 4.44. The SMILES string of the molecule is CCCCc1[nH]c(=O)c(S(=O)(=O)c2ccc(-c3ccc(OC(F)(F)F)cc3)cn2)c(O)c1-c1c(OC)cccc1OC. The van der Waals surface area contributed by atoms with Crippen molar-refractivity contribution in [2.24, 2.45) is 0 Å². The van der Waals surface area contributed by atoms with Crippen molar-refractivity contribution in [3.05, 3.63) is 76.8 Å². The number of sulfone groups is 1. The van der Waals surface area contributed by atoms with Crippen LogP contribution in [0.2, 0.25) is 0 Å². The smallest absolute Gasteiger partial charge is 0.506 e. The Morgan fingerprint density at radius 2 is 1.55 bits per heavy atom. The van der Waals surface area contributed by atoms with Gasteiger partial charge in [-0.3, -0.25) is 4.79 Å². The molecule has 0 aliphatic carbocycles. The van der Waals surface area contributed by atoms with Gasteiger partial charge in [0.15, 0.2) is 9.92 Å². The number of aromatic hydroxyl groups is 1. The standard InChI is InChI=1S/C29H27F3N2O7S/c1-4-5-7-20-24(25-21(39-2)8-6-9-22(25)40-3)26(35)27(28(36)34-20)42(37,38)23-15-12-18(16-33-23)17-10-13-19(14-11-17)41-29(30,31)32/h6,8-16H,4-5,7H2,1-3H3,(H2,34,35,36). The van der Waals surface area contributed by atoms with E-state index in [1.807, 2.05) is 6.92 Å². The monoisotopic (exact) mass is 604 g/mol. The zero-order valence-corrected chi connectivity index (χ0v) is 23.6. The van der Waals surface area contributed by atoms with Crippen LogP contribution in [0, 0.1) is 0 Å². The normalized spacial score (nSPS) is 11.8. The van der Waals surface area contributed by atoms with Crippen LogP contribution in [-0.4, -0.2) is 44.1 Å². The molecule has 0 amide bonds. The molecule has 2 heterocycles. The highest BCUT2D eigenvalue weighted by molar-refractivity contribution is 7.91. The van der Waals surface area contributed by atoms with Crippen LogP contribution >= 0.6 is 0 Å². The molecule has 0 saturated carbocycles. The number of hydrogen-bond donors (Lipinski definition) is 2. The summed E-state index contributed by atoms with van der Waals surface area (Å²) >= 11 is 0. The van der Waals surface area contributed by atoms with Gasteiger partial charge in [0.05, 0.1) is 25.3 Å². The molecule has 4 aromatic rings. The first-order valence-corrected chi connectivity index (χ1v) is 14.2. The second kappa shape index (κ2) is 12.1. The minimum absolute atomic E-state index is 0.0497. The van der Waals surface area contributed by atoms with Gasteiger partial charge in [-0.1, -0.05) is 31.5 Å².